The van der Waals surface area contributed by atoms with Crippen molar-refractivity contribution in [2.75, 3.05) is 11.1 Å². The molecule has 1 saturated carbocycles. The minimum atomic E-state index is -3.65. The van der Waals surface area contributed by atoms with Crippen LogP contribution in [0.3, 0.4) is 0 Å². The molecule has 9 heteroatoms. The molecule has 0 aliphatic heterocycles. The molecule has 0 heterocycles. The molecule has 1 aliphatic rings. The number of aryl methyl sites for hydroxylation is 2. The Bertz CT molecular complexity index is 1130. The highest BCUT2D eigenvalue weighted by molar-refractivity contribution is 7.91. The summed E-state index contributed by atoms with van der Waals surface area (Å²) in [6.07, 6.45) is 2.78. The number of sulfone groups is 1. The Hall–Kier alpha value is -3.07. The summed E-state index contributed by atoms with van der Waals surface area (Å²) in [4.78, 5) is 22.8. The van der Waals surface area contributed by atoms with Crippen LogP contribution in [0.1, 0.15) is 37.3 Å². The summed E-state index contributed by atoms with van der Waals surface area (Å²) >= 11 is 0. The number of phenolic OH excluding ortho intramolecular Hbond substituents is 1. The lowest BCUT2D eigenvalue weighted by Gasteiger charge is -2.25. The molecule has 0 spiro atoms. The molecule has 2 aromatic rings. The summed E-state index contributed by atoms with van der Waals surface area (Å²) < 4.78 is 31.4. The van der Waals surface area contributed by atoms with Crippen LogP contribution < -0.4 is 10.1 Å². The van der Waals surface area contributed by atoms with Crippen molar-refractivity contribution in [2.45, 2.75) is 44.9 Å². The van der Waals surface area contributed by atoms with Crippen molar-refractivity contribution in [2.24, 2.45) is 11.8 Å². The Morgan fingerprint density at radius 1 is 1.16 bits per heavy atom. The number of carboxylic acids is 1. The topological polar surface area (TPSA) is 130 Å². The first kappa shape index (κ1) is 23.6. The summed E-state index contributed by atoms with van der Waals surface area (Å²) in [5.74, 6) is -2.49. The number of carboxylic acid groups (broad SMARTS) is 1. The molecule has 1 atom stereocenters. The number of anilines is 1. The molecular weight excluding hydrogens is 434 g/mol. The summed E-state index contributed by atoms with van der Waals surface area (Å²) in [7, 11) is -3.65. The van der Waals surface area contributed by atoms with Gasteiger partial charge in [-0.15, -0.1) is 0 Å². The number of hydrogen-bond acceptors (Lipinski definition) is 6. The fraction of sp³-hybridized carbons (Fsp3) is 0.391. The highest BCUT2D eigenvalue weighted by atomic mass is 32.2. The molecule has 3 N–H and O–H groups in total. The van der Waals surface area contributed by atoms with E-state index in [0.29, 0.717) is 22.6 Å². The van der Waals surface area contributed by atoms with Gasteiger partial charge in [0.2, 0.25) is 5.91 Å². The first-order chi connectivity index (χ1) is 15.0. The number of carbonyl (C=O) groups is 2. The van der Waals surface area contributed by atoms with Crippen molar-refractivity contribution in [1.29, 1.82) is 0 Å². The predicted molar refractivity (Wildman–Crippen MR) is 119 cm³/mol. The van der Waals surface area contributed by atoms with Gasteiger partial charge in [0.1, 0.15) is 28.1 Å². The van der Waals surface area contributed by atoms with E-state index in [1.807, 2.05) is 0 Å². The van der Waals surface area contributed by atoms with Crippen LogP contribution in [0.2, 0.25) is 0 Å². The Morgan fingerprint density at radius 2 is 1.78 bits per heavy atom. The van der Waals surface area contributed by atoms with Crippen molar-refractivity contribution < 1.29 is 33.0 Å². The second-order valence-electron chi connectivity index (χ2n) is 8.30. The van der Waals surface area contributed by atoms with Crippen molar-refractivity contribution in [1.82, 2.24) is 0 Å². The Labute approximate surface area is 187 Å². The zero-order valence-corrected chi connectivity index (χ0v) is 19.0. The zero-order valence-electron chi connectivity index (χ0n) is 18.2. The second kappa shape index (κ2) is 9.20. The maximum Gasteiger partial charge on any atom is 0.315 e. The lowest BCUT2D eigenvalue weighted by Crippen LogP contribution is -2.26. The third-order valence-electron chi connectivity index (χ3n) is 5.66. The van der Waals surface area contributed by atoms with Crippen molar-refractivity contribution in [3.8, 4) is 17.2 Å². The van der Waals surface area contributed by atoms with Gasteiger partial charge in [0, 0.05) is 11.8 Å². The van der Waals surface area contributed by atoms with Gasteiger partial charge in [-0.05, 0) is 74.9 Å². The Balaban J connectivity index is 1.83. The van der Waals surface area contributed by atoms with Crippen LogP contribution in [-0.2, 0) is 19.4 Å². The smallest absolute Gasteiger partial charge is 0.315 e. The standard InChI is InChI=1S/C23H27NO7S/c1-13-9-17(24-22(26)15(3)23(27)28)10-14(2)21(13)31-18-7-8-19(25)20(11-18)32(29,30)12-16-5-4-6-16/h7-11,15-16,25H,4-6,12H2,1-3H3,(H,24,26)(H,27,28). The molecule has 0 bridgehead atoms. The number of aromatic hydroxyl groups is 1. The van der Waals surface area contributed by atoms with E-state index in [-0.39, 0.29) is 28.1 Å². The van der Waals surface area contributed by atoms with Crippen LogP contribution in [0.25, 0.3) is 0 Å². The Morgan fingerprint density at radius 3 is 2.31 bits per heavy atom. The number of nitrogens with one attached hydrogen (secondary N) is 1. The van der Waals surface area contributed by atoms with E-state index in [1.54, 1.807) is 26.0 Å². The number of aliphatic carboxylic acids is 1. The third-order valence-corrected chi connectivity index (χ3v) is 7.57. The summed E-state index contributed by atoms with van der Waals surface area (Å²) in [5.41, 5.74) is 1.75. The van der Waals surface area contributed by atoms with Gasteiger partial charge in [-0.1, -0.05) is 6.42 Å². The van der Waals surface area contributed by atoms with Crippen molar-refractivity contribution in [3.05, 3.63) is 41.5 Å². The average Bonchev–Trinajstić information content (AvgIpc) is 2.68. The zero-order chi connectivity index (χ0) is 23.6. The van der Waals surface area contributed by atoms with E-state index in [2.05, 4.69) is 5.32 Å². The average molecular weight is 462 g/mol. The van der Waals surface area contributed by atoms with E-state index < -0.39 is 27.6 Å². The number of ether oxygens (including phenoxy) is 1. The van der Waals surface area contributed by atoms with Gasteiger partial charge < -0.3 is 20.3 Å². The largest absolute Gasteiger partial charge is 0.507 e. The normalized spacial score (nSPS) is 15.0. The van der Waals surface area contributed by atoms with Crippen LogP contribution in [0, 0.1) is 25.7 Å². The maximum absolute atomic E-state index is 12.7. The SMILES string of the molecule is Cc1cc(NC(=O)C(C)C(=O)O)cc(C)c1Oc1ccc(O)c(S(=O)(=O)CC2CCC2)c1. The van der Waals surface area contributed by atoms with Crippen molar-refractivity contribution in [3.63, 3.8) is 0 Å². The molecule has 1 aliphatic carbocycles. The number of phenols is 1. The molecule has 172 valence electrons. The van der Waals surface area contributed by atoms with E-state index in [9.17, 15) is 23.1 Å². The molecule has 2 aromatic carbocycles. The third kappa shape index (κ3) is 5.21. The van der Waals surface area contributed by atoms with Gasteiger partial charge in [0.05, 0.1) is 5.75 Å². The van der Waals surface area contributed by atoms with Gasteiger partial charge in [-0.3, -0.25) is 9.59 Å². The van der Waals surface area contributed by atoms with Gasteiger partial charge in [0.25, 0.3) is 0 Å². The number of amides is 1. The lowest BCUT2D eigenvalue weighted by molar-refractivity contribution is -0.144. The van der Waals surface area contributed by atoms with Crippen LogP contribution >= 0.6 is 0 Å². The monoisotopic (exact) mass is 461 g/mol. The van der Waals surface area contributed by atoms with Crippen LogP contribution in [0.15, 0.2) is 35.2 Å². The molecule has 3 rings (SSSR count). The molecule has 1 unspecified atom stereocenters. The molecule has 0 saturated heterocycles. The first-order valence-corrected chi connectivity index (χ1v) is 12.0. The fourth-order valence-electron chi connectivity index (χ4n) is 3.53. The maximum atomic E-state index is 12.7. The molecule has 8 nitrogen and oxygen atoms in total. The van der Waals surface area contributed by atoms with Crippen LogP contribution in [0.5, 0.6) is 17.2 Å². The number of hydrogen-bond donors (Lipinski definition) is 3. The number of rotatable bonds is 8. The minimum absolute atomic E-state index is 0.00519. The quantitative estimate of drug-likeness (QED) is 0.506. The molecular formula is C23H27NO7S. The van der Waals surface area contributed by atoms with E-state index in [4.69, 9.17) is 9.84 Å². The first-order valence-electron chi connectivity index (χ1n) is 10.4. The second-order valence-corrected chi connectivity index (χ2v) is 10.3. The van der Waals surface area contributed by atoms with E-state index >= 15 is 0 Å². The number of benzene rings is 2. The van der Waals surface area contributed by atoms with Crippen molar-refractivity contribution >= 4 is 27.4 Å². The summed E-state index contributed by atoms with van der Waals surface area (Å²) in [6, 6.07) is 7.40. The van der Waals surface area contributed by atoms with Gasteiger partial charge in [0.15, 0.2) is 9.84 Å². The lowest BCUT2D eigenvalue weighted by atomic mass is 9.87. The highest BCUT2D eigenvalue weighted by Gasteiger charge is 2.28. The van der Waals surface area contributed by atoms with Gasteiger partial charge in [-0.25, -0.2) is 8.42 Å². The van der Waals surface area contributed by atoms with E-state index in [1.165, 1.54) is 25.1 Å². The molecule has 1 amide bonds. The molecule has 32 heavy (non-hydrogen) atoms. The van der Waals surface area contributed by atoms with Gasteiger partial charge >= 0.3 is 5.97 Å². The highest BCUT2D eigenvalue weighted by Crippen LogP contribution is 2.37. The number of carbonyl (C=O) groups excluding carboxylic acids is 1. The van der Waals surface area contributed by atoms with Gasteiger partial charge in [-0.2, -0.15) is 0 Å². The summed E-state index contributed by atoms with van der Waals surface area (Å²) in [6.45, 7) is 4.82. The minimum Gasteiger partial charge on any atom is -0.507 e. The molecule has 0 radical (unpaired) electrons. The van der Waals surface area contributed by atoms with E-state index in [0.717, 1.165) is 19.3 Å². The Kier molecular flexibility index (Phi) is 6.78. The fourth-order valence-corrected chi connectivity index (χ4v) is 5.35. The molecule has 0 aromatic heterocycles. The summed E-state index contributed by atoms with van der Waals surface area (Å²) in [5, 5.41) is 21.7. The van der Waals surface area contributed by atoms with Crippen LogP contribution in [-0.4, -0.2) is 36.3 Å². The predicted octanol–water partition coefficient (Wildman–Crippen LogP) is 4.03. The molecule has 1 fully saturated rings. The van der Waals surface area contributed by atoms with Crippen LogP contribution in [0.4, 0.5) is 5.69 Å².